The molecular formula is C24H29N3O6. The zero-order valence-electron chi connectivity index (χ0n) is 18.5. The molecular weight excluding hydrogens is 426 g/mol. The van der Waals surface area contributed by atoms with Crippen LogP contribution in [-0.4, -0.2) is 52.8 Å². The molecule has 0 aromatic heterocycles. The average Bonchev–Trinajstić information content (AvgIpc) is 2.83. The molecule has 0 spiro atoms. The van der Waals surface area contributed by atoms with Crippen LogP contribution in [0.1, 0.15) is 53.3 Å². The van der Waals surface area contributed by atoms with E-state index in [2.05, 4.69) is 10.6 Å². The van der Waals surface area contributed by atoms with E-state index < -0.39 is 17.8 Å². The number of benzene rings is 2. The van der Waals surface area contributed by atoms with E-state index in [4.69, 9.17) is 0 Å². The van der Waals surface area contributed by atoms with E-state index in [1.807, 2.05) is 6.92 Å². The first kappa shape index (κ1) is 25.5. The fraction of sp³-hybridized carbons (Fsp3) is 0.333. The van der Waals surface area contributed by atoms with Crippen molar-refractivity contribution < 1.29 is 29.5 Å². The minimum Gasteiger partial charge on any atom is -0.478 e. The van der Waals surface area contributed by atoms with Crippen molar-refractivity contribution in [2.45, 2.75) is 32.6 Å². The molecule has 2 aromatic carbocycles. The molecule has 2 rings (SSSR count). The molecule has 0 aliphatic rings. The van der Waals surface area contributed by atoms with Gasteiger partial charge in [0.1, 0.15) is 0 Å². The Morgan fingerprint density at radius 1 is 1.00 bits per heavy atom. The lowest BCUT2D eigenvalue weighted by molar-refractivity contribution is -0.154. The van der Waals surface area contributed by atoms with Gasteiger partial charge in [0, 0.05) is 5.56 Å². The summed E-state index contributed by atoms with van der Waals surface area (Å²) in [6, 6.07) is 13.1. The van der Waals surface area contributed by atoms with E-state index in [0.29, 0.717) is 28.2 Å². The normalized spacial score (nSPS) is 11.3. The highest BCUT2D eigenvalue weighted by Crippen LogP contribution is 2.22. The molecule has 0 radical (unpaired) electrons. The monoisotopic (exact) mass is 455 g/mol. The number of unbranched alkanes of at least 4 members (excludes halogenated alkanes) is 2. The lowest BCUT2D eigenvalue weighted by Gasteiger charge is -2.19. The van der Waals surface area contributed by atoms with Gasteiger partial charge in [0.15, 0.2) is 0 Å². The van der Waals surface area contributed by atoms with Crippen molar-refractivity contribution in [2.75, 3.05) is 13.2 Å². The maximum absolute atomic E-state index is 12.5. The van der Waals surface area contributed by atoms with E-state index >= 15 is 0 Å². The summed E-state index contributed by atoms with van der Waals surface area (Å²) in [6.07, 6.45) is 3.44. The van der Waals surface area contributed by atoms with Crippen LogP contribution in [0.3, 0.4) is 0 Å². The van der Waals surface area contributed by atoms with Gasteiger partial charge in [-0.05, 0) is 41.8 Å². The highest BCUT2D eigenvalue weighted by molar-refractivity contribution is 5.96. The molecule has 1 atom stereocenters. The quantitative estimate of drug-likeness (QED) is 0.121. The van der Waals surface area contributed by atoms with Gasteiger partial charge in [0.05, 0.1) is 24.7 Å². The van der Waals surface area contributed by atoms with E-state index in [1.54, 1.807) is 36.4 Å². The van der Waals surface area contributed by atoms with Gasteiger partial charge in [-0.1, -0.05) is 50.5 Å². The molecule has 0 aliphatic carbocycles. The summed E-state index contributed by atoms with van der Waals surface area (Å²) < 4.78 is 0. The van der Waals surface area contributed by atoms with Crippen LogP contribution in [-0.2, 0) is 9.59 Å². The Bertz CT molecular complexity index is 978. The summed E-state index contributed by atoms with van der Waals surface area (Å²) in [4.78, 5) is 46.9. The molecule has 0 heterocycles. The number of nitrogens with one attached hydrogen (secondary N) is 2. The summed E-state index contributed by atoms with van der Waals surface area (Å²) in [5.74, 6) is -2.40. The number of hydroxylamine groups is 2. The second-order valence-corrected chi connectivity index (χ2v) is 7.61. The van der Waals surface area contributed by atoms with Gasteiger partial charge in [0.25, 0.3) is 5.91 Å². The van der Waals surface area contributed by atoms with Crippen LogP contribution in [0.15, 0.2) is 48.5 Å². The van der Waals surface area contributed by atoms with Crippen LogP contribution >= 0.6 is 0 Å². The van der Waals surface area contributed by atoms with Crippen LogP contribution in [0.2, 0.25) is 0 Å². The topological polar surface area (TPSA) is 136 Å². The number of hydrogen-bond donors (Lipinski definition) is 4. The number of carboxylic acids is 1. The van der Waals surface area contributed by atoms with Crippen LogP contribution in [0.25, 0.3) is 11.1 Å². The first-order valence-electron chi connectivity index (χ1n) is 10.8. The number of nitrogens with zero attached hydrogens (tertiary/aromatic N) is 1. The van der Waals surface area contributed by atoms with Crippen LogP contribution < -0.4 is 10.6 Å². The largest absolute Gasteiger partial charge is 0.478 e. The van der Waals surface area contributed by atoms with Crippen molar-refractivity contribution in [2.24, 2.45) is 5.92 Å². The van der Waals surface area contributed by atoms with Gasteiger partial charge in [0.2, 0.25) is 12.3 Å². The Morgan fingerprint density at radius 2 is 1.64 bits per heavy atom. The van der Waals surface area contributed by atoms with Gasteiger partial charge < -0.3 is 15.7 Å². The first-order chi connectivity index (χ1) is 15.8. The van der Waals surface area contributed by atoms with E-state index in [9.17, 15) is 29.5 Å². The summed E-state index contributed by atoms with van der Waals surface area (Å²) in [5.41, 5.74) is 1.85. The van der Waals surface area contributed by atoms with E-state index in [-0.39, 0.29) is 31.1 Å². The molecule has 2 aromatic rings. The molecule has 0 aliphatic heterocycles. The van der Waals surface area contributed by atoms with Crippen molar-refractivity contribution in [3.63, 3.8) is 0 Å². The lowest BCUT2D eigenvalue weighted by atomic mass is 10.00. The second kappa shape index (κ2) is 13.0. The van der Waals surface area contributed by atoms with Gasteiger partial charge in [-0.3, -0.25) is 19.6 Å². The molecule has 0 saturated carbocycles. The summed E-state index contributed by atoms with van der Waals surface area (Å²) in [5, 5.41) is 24.3. The Kier molecular flexibility index (Phi) is 10.0. The third-order valence-electron chi connectivity index (χ3n) is 5.14. The fourth-order valence-corrected chi connectivity index (χ4v) is 3.34. The highest BCUT2D eigenvalue weighted by Gasteiger charge is 2.20. The Labute approximate surface area is 192 Å². The lowest BCUT2D eigenvalue weighted by Crippen LogP contribution is -2.43. The molecule has 176 valence electrons. The third kappa shape index (κ3) is 8.04. The fourth-order valence-electron chi connectivity index (χ4n) is 3.34. The summed E-state index contributed by atoms with van der Waals surface area (Å²) in [7, 11) is 0. The standard InChI is InChI=1S/C24H29N3O6/c1-2-3-4-7-21(14-27(33)16-28)23(30)26-15-25-22(29)19-10-5-8-17(12-19)18-9-6-11-20(13-18)24(31)32/h5-6,8-13,16,21,33H,2-4,7,14-15H2,1H3,(H,25,29)(H,26,30)(H,31,32). The molecule has 4 N–H and O–H groups in total. The summed E-state index contributed by atoms with van der Waals surface area (Å²) >= 11 is 0. The number of carboxylic acid groups (broad SMARTS) is 1. The molecule has 33 heavy (non-hydrogen) atoms. The Hall–Kier alpha value is -3.72. The number of rotatable bonds is 13. The number of carbonyl (C=O) groups excluding carboxylic acids is 3. The predicted octanol–water partition coefficient (Wildman–Crippen LogP) is 2.90. The molecule has 0 bridgehead atoms. The zero-order valence-corrected chi connectivity index (χ0v) is 18.5. The van der Waals surface area contributed by atoms with Crippen molar-refractivity contribution in [1.29, 1.82) is 0 Å². The number of aromatic carboxylic acids is 1. The van der Waals surface area contributed by atoms with Crippen LogP contribution in [0.4, 0.5) is 0 Å². The average molecular weight is 456 g/mol. The van der Waals surface area contributed by atoms with Gasteiger partial charge >= 0.3 is 5.97 Å². The predicted molar refractivity (Wildman–Crippen MR) is 122 cm³/mol. The van der Waals surface area contributed by atoms with Crippen molar-refractivity contribution in [3.05, 3.63) is 59.7 Å². The maximum Gasteiger partial charge on any atom is 0.335 e. The molecule has 3 amide bonds. The SMILES string of the molecule is CCCCCC(CN(O)C=O)C(=O)NCNC(=O)c1cccc(-c2cccc(C(=O)O)c2)c1. The molecule has 9 heteroatoms. The first-order valence-corrected chi connectivity index (χ1v) is 10.8. The number of carbonyl (C=O) groups is 4. The smallest absolute Gasteiger partial charge is 0.335 e. The molecule has 9 nitrogen and oxygen atoms in total. The molecule has 0 saturated heterocycles. The maximum atomic E-state index is 12.5. The van der Waals surface area contributed by atoms with E-state index in [0.717, 1.165) is 19.3 Å². The van der Waals surface area contributed by atoms with Gasteiger partial charge in [-0.2, -0.15) is 0 Å². The number of hydrogen-bond acceptors (Lipinski definition) is 5. The Balaban J connectivity index is 1.97. The third-order valence-corrected chi connectivity index (χ3v) is 5.14. The van der Waals surface area contributed by atoms with Crippen molar-refractivity contribution in [3.8, 4) is 11.1 Å². The van der Waals surface area contributed by atoms with Crippen molar-refractivity contribution in [1.82, 2.24) is 15.7 Å². The van der Waals surface area contributed by atoms with Crippen molar-refractivity contribution >= 4 is 24.2 Å². The van der Waals surface area contributed by atoms with Gasteiger partial charge in [-0.15, -0.1) is 0 Å². The van der Waals surface area contributed by atoms with Crippen LogP contribution in [0.5, 0.6) is 0 Å². The minimum atomic E-state index is -1.04. The second-order valence-electron chi connectivity index (χ2n) is 7.61. The Morgan fingerprint density at radius 3 is 2.24 bits per heavy atom. The summed E-state index contributed by atoms with van der Waals surface area (Å²) in [6.45, 7) is 1.80. The minimum absolute atomic E-state index is 0.118. The zero-order chi connectivity index (χ0) is 24.2. The molecule has 0 fully saturated rings. The highest BCUT2D eigenvalue weighted by atomic mass is 16.5. The molecule has 1 unspecified atom stereocenters. The van der Waals surface area contributed by atoms with Crippen LogP contribution in [0, 0.1) is 5.92 Å². The van der Waals surface area contributed by atoms with Gasteiger partial charge in [-0.25, -0.2) is 9.86 Å². The number of amides is 3. The van der Waals surface area contributed by atoms with E-state index in [1.165, 1.54) is 12.1 Å².